The third-order valence-electron chi connectivity index (χ3n) is 6.61. The number of carbonyl (C=O) groups is 3. The summed E-state index contributed by atoms with van der Waals surface area (Å²) in [4.78, 5) is 37.7. The van der Waals surface area contributed by atoms with Gasteiger partial charge in [-0.1, -0.05) is 55.5 Å². The van der Waals surface area contributed by atoms with E-state index >= 15 is 0 Å². The molecule has 1 saturated heterocycles. The minimum atomic E-state index is -4.73. The summed E-state index contributed by atoms with van der Waals surface area (Å²) in [6.45, 7) is 1.28. The van der Waals surface area contributed by atoms with Gasteiger partial charge in [-0.3, -0.25) is 9.59 Å². The summed E-state index contributed by atoms with van der Waals surface area (Å²) in [5.74, 6) is -3.69. The summed E-state index contributed by atoms with van der Waals surface area (Å²) >= 11 is 0. The van der Waals surface area contributed by atoms with E-state index in [9.17, 15) is 32.7 Å². The quantitative estimate of drug-likeness (QED) is 0.638. The van der Waals surface area contributed by atoms with Crippen molar-refractivity contribution < 1.29 is 37.4 Å². The van der Waals surface area contributed by atoms with Gasteiger partial charge in [-0.15, -0.1) is 0 Å². The van der Waals surface area contributed by atoms with Crippen molar-refractivity contribution in [3.8, 4) is 11.1 Å². The molecule has 2 aromatic carbocycles. The number of nitrogens with zero attached hydrogens (tertiary/aromatic N) is 1. The van der Waals surface area contributed by atoms with Crippen molar-refractivity contribution in [3.05, 3.63) is 59.7 Å². The predicted octanol–water partition coefficient (Wildman–Crippen LogP) is 4.03. The van der Waals surface area contributed by atoms with Gasteiger partial charge >= 0.3 is 18.2 Å². The van der Waals surface area contributed by atoms with Crippen molar-refractivity contribution in [2.75, 3.05) is 19.7 Å². The summed E-state index contributed by atoms with van der Waals surface area (Å²) < 4.78 is 44.9. The first-order chi connectivity index (χ1) is 16.5. The third kappa shape index (κ3) is 5.26. The molecular weight excluding hydrogens is 465 g/mol. The number of aliphatic carboxylic acids is 1. The van der Waals surface area contributed by atoms with E-state index in [-0.39, 0.29) is 25.6 Å². The van der Waals surface area contributed by atoms with Gasteiger partial charge in [-0.05, 0) is 28.2 Å². The highest BCUT2D eigenvalue weighted by Crippen LogP contribution is 2.44. The van der Waals surface area contributed by atoms with Crippen molar-refractivity contribution in [2.45, 2.75) is 31.5 Å². The van der Waals surface area contributed by atoms with Crippen LogP contribution in [0.1, 0.15) is 30.4 Å². The summed E-state index contributed by atoms with van der Waals surface area (Å²) in [6.07, 6.45) is -7.45. The minimum absolute atomic E-state index is 0.00345. The Morgan fingerprint density at radius 1 is 1.06 bits per heavy atom. The number of hydrogen-bond donors (Lipinski definition) is 2. The Morgan fingerprint density at radius 3 is 2.14 bits per heavy atom. The van der Waals surface area contributed by atoms with E-state index in [4.69, 9.17) is 4.74 Å². The Morgan fingerprint density at radius 2 is 1.63 bits per heavy atom. The van der Waals surface area contributed by atoms with Crippen LogP contribution >= 0.6 is 0 Å². The van der Waals surface area contributed by atoms with Gasteiger partial charge in [0.15, 0.2) is 0 Å². The Hall–Kier alpha value is -3.56. The molecule has 1 heterocycles. The molecule has 2 N–H and O–H groups in total. The first-order valence-electron chi connectivity index (χ1n) is 11.2. The van der Waals surface area contributed by atoms with Crippen LogP contribution in [0.3, 0.4) is 0 Å². The normalized spacial score (nSPS) is 20.2. The van der Waals surface area contributed by atoms with Crippen LogP contribution in [0.5, 0.6) is 0 Å². The number of amides is 2. The number of carboxylic acid groups (broad SMARTS) is 1. The van der Waals surface area contributed by atoms with Crippen LogP contribution in [0.2, 0.25) is 0 Å². The van der Waals surface area contributed by atoms with E-state index in [1.807, 2.05) is 48.5 Å². The molecule has 0 radical (unpaired) electrons. The van der Waals surface area contributed by atoms with Gasteiger partial charge in [0.1, 0.15) is 12.6 Å². The number of alkyl carbamates (subject to hydrolysis) is 1. The number of halogens is 3. The van der Waals surface area contributed by atoms with Crippen molar-refractivity contribution in [1.82, 2.24) is 10.2 Å². The van der Waals surface area contributed by atoms with Gasteiger partial charge in [0.2, 0.25) is 5.91 Å². The number of alkyl halides is 3. The lowest BCUT2D eigenvalue weighted by Gasteiger charge is -2.25. The standard InChI is InChI=1S/C25H25F3N2O5/c1-14-11-30(12-19(14)23(32)33)22(31)21(10-25(26,27)28)29-24(34)35-13-20-17-8-4-2-6-15(17)16-7-3-5-9-18(16)20/h2-9,14,19-21H,10-13H2,1H3,(H,29,34)(H,32,33). The maximum atomic E-state index is 13.2. The molecule has 0 aromatic heterocycles. The molecule has 2 aliphatic rings. The van der Waals surface area contributed by atoms with Crippen molar-refractivity contribution >= 4 is 18.0 Å². The lowest BCUT2D eigenvalue weighted by Crippen LogP contribution is -2.50. The van der Waals surface area contributed by atoms with E-state index in [1.54, 1.807) is 6.92 Å². The molecule has 2 amide bonds. The molecule has 186 valence electrons. The number of nitrogens with one attached hydrogen (secondary N) is 1. The number of ether oxygens (including phenoxy) is 1. The second-order valence-corrected chi connectivity index (χ2v) is 9.01. The molecule has 7 nitrogen and oxygen atoms in total. The first-order valence-corrected chi connectivity index (χ1v) is 11.2. The summed E-state index contributed by atoms with van der Waals surface area (Å²) in [7, 11) is 0. The Bertz CT molecular complexity index is 1090. The van der Waals surface area contributed by atoms with Crippen LogP contribution in [0.15, 0.2) is 48.5 Å². The number of likely N-dealkylation sites (tertiary alicyclic amines) is 1. The molecule has 1 aliphatic heterocycles. The largest absolute Gasteiger partial charge is 0.481 e. The van der Waals surface area contributed by atoms with E-state index in [0.717, 1.165) is 27.2 Å². The minimum Gasteiger partial charge on any atom is -0.481 e. The zero-order chi connectivity index (χ0) is 25.3. The van der Waals surface area contributed by atoms with Gasteiger partial charge in [0.05, 0.1) is 12.3 Å². The smallest absolute Gasteiger partial charge is 0.407 e. The van der Waals surface area contributed by atoms with E-state index < -0.39 is 48.4 Å². The number of hydrogen-bond acceptors (Lipinski definition) is 4. The molecule has 1 fully saturated rings. The number of benzene rings is 2. The molecule has 35 heavy (non-hydrogen) atoms. The number of rotatable bonds is 6. The van der Waals surface area contributed by atoms with Crippen LogP contribution in [0.25, 0.3) is 11.1 Å². The first kappa shape index (κ1) is 24.6. The van der Waals surface area contributed by atoms with E-state index in [2.05, 4.69) is 5.32 Å². The summed E-state index contributed by atoms with van der Waals surface area (Å²) in [6, 6.07) is 13.3. The van der Waals surface area contributed by atoms with Crippen molar-refractivity contribution in [3.63, 3.8) is 0 Å². The Balaban J connectivity index is 1.45. The molecule has 10 heteroatoms. The van der Waals surface area contributed by atoms with Crippen LogP contribution < -0.4 is 5.32 Å². The zero-order valence-corrected chi connectivity index (χ0v) is 18.9. The summed E-state index contributed by atoms with van der Waals surface area (Å²) in [5, 5.41) is 11.3. The predicted molar refractivity (Wildman–Crippen MR) is 120 cm³/mol. The molecule has 3 atom stereocenters. The molecule has 3 unspecified atom stereocenters. The average Bonchev–Trinajstić information content (AvgIpc) is 3.34. The zero-order valence-electron chi connectivity index (χ0n) is 18.9. The van der Waals surface area contributed by atoms with Gasteiger partial charge in [0, 0.05) is 19.0 Å². The lowest BCUT2D eigenvalue weighted by atomic mass is 9.98. The van der Waals surface area contributed by atoms with Crippen LogP contribution in [0.4, 0.5) is 18.0 Å². The Labute approximate surface area is 199 Å². The number of fused-ring (bicyclic) bond motifs is 3. The third-order valence-corrected chi connectivity index (χ3v) is 6.61. The number of carbonyl (C=O) groups excluding carboxylic acids is 2. The van der Waals surface area contributed by atoms with Crippen molar-refractivity contribution in [1.29, 1.82) is 0 Å². The molecule has 4 rings (SSSR count). The van der Waals surface area contributed by atoms with E-state index in [0.29, 0.717) is 0 Å². The maximum Gasteiger partial charge on any atom is 0.407 e. The van der Waals surface area contributed by atoms with Crippen LogP contribution in [-0.2, 0) is 14.3 Å². The lowest BCUT2D eigenvalue weighted by molar-refractivity contribution is -0.154. The SMILES string of the molecule is CC1CN(C(=O)C(CC(F)(F)F)NC(=O)OCC2c3ccccc3-c3ccccc32)CC1C(=O)O. The highest BCUT2D eigenvalue weighted by Gasteiger charge is 2.43. The van der Waals surface area contributed by atoms with Gasteiger partial charge in [0.25, 0.3) is 0 Å². The fourth-order valence-corrected chi connectivity index (χ4v) is 4.90. The maximum absolute atomic E-state index is 13.2. The van der Waals surface area contributed by atoms with Gasteiger partial charge in [-0.2, -0.15) is 13.2 Å². The number of carboxylic acids is 1. The second-order valence-electron chi connectivity index (χ2n) is 9.01. The Kier molecular flexibility index (Phi) is 6.73. The molecular formula is C25H25F3N2O5. The van der Waals surface area contributed by atoms with Gasteiger partial charge in [-0.25, -0.2) is 4.79 Å². The van der Waals surface area contributed by atoms with Crippen LogP contribution in [-0.4, -0.2) is 59.9 Å². The molecule has 0 spiro atoms. The second kappa shape index (κ2) is 9.59. The monoisotopic (exact) mass is 490 g/mol. The molecule has 0 saturated carbocycles. The highest BCUT2D eigenvalue weighted by molar-refractivity contribution is 5.87. The molecule has 2 aromatic rings. The molecule has 0 bridgehead atoms. The summed E-state index contributed by atoms with van der Waals surface area (Å²) in [5.41, 5.74) is 3.88. The topological polar surface area (TPSA) is 95.9 Å². The average molecular weight is 490 g/mol. The van der Waals surface area contributed by atoms with Crippen molar-refractivity contribution in [2.24, 2.45) is 11.8 Å². The van der Waals surface area contributed by atoms with E-state index in [1.165, 1.54) is 0 Å². The van der Waals surface area contributed by atoms with Crippen LogP contribution in [0, 0.1) is 11.8 Å². The highest BCUT2D eigenvalue weighted by atomic mass is 19.4. The van der Waals surface area contributed by atoms with Gasteiger partial charge < -0.3 is 20.1 Å². The molecule has 1 aliphatic carbocycles. The fraction of sp³-hybridized carbons (Fsp3) is 0.400. The fourth-order valence-electron chi connectivity index (χ4n) is 4.90.